The smallest absolute Gasteiger partial charge is 0.161 e. The maximum Gasteiger partial charge on any atom is 0.161 e. The minimum absolute atomic E-state index is 0.640. The zero-order chi connectivity index (χ0) is 15.2. The Labute approximate surface area is 128 Å². The lowest BCUT2D eigenvalue weighted by Gasteiger charge is -2.12. The van der Waals surface area contributed by atoms with Crippen LogP contribution in [0.1, 0.15) is 33.1 Å². The van der Waals surface area contributed by atoms with Gasteiger partial charge in [-0.2, -0.15) is 0 Å². The molecule has 120 valence electrons. The fraction of sp³-hybridized carbons (Fsp3) is 0.647. The summed E-state index contributed by atoms with van der Waals surface area (Å²) >= 11 is 0. The van der Waals surface area contributed by atoms with Crippen molar-refractivity contribution in [3.8, 4) is 11.5 Å². The average Bonchev–Trinajstić information content (AvgIpc) is 2.51. The first-order valence-corrected chi connectivity index (χ1v) is 8.01. The van der Waals surface area contributed by atoms with Crippen LogP contribution < -0.4 is 14.8 Å². The van der Waals surface area contributed by atoms with Gasteiger partial charge in [0.2, 0.25) is 0 Å². The van der Waals surface area contributed by atoms with Gasteiger partial charge in [-0.1, -0.05) is 25.5 Å². The van der Waals surface area contributed by atoms with Gasteiger partial charge in [0.1, 0.15) is 6.61 Å². The Kier molecular flexibility index (Phi) is 10.6. The van der Waals surface area contributed by atoms with Crippen molar-refractivity contribution >= 4 is 0 Å². The van der Waals surface area contributed by atoms with Crippen molar-refractivity contribution < 1.29 is 14.2 Å². The van der Waals surface area contributed by atoms with Gasteiger partial charge in [-0.3, -0.25) is 0 Å². The largest absolute Gasteiger partial charge is 0.490 e. The number of para-hydroxylation sites is 2. The third-order valence-electron chi connectivity index (χ3n) is 2.97. The molecule has 0 spiro atoms. The van der Waals surface area contributed by atoms with Crippen LogP contribution in [-0.4, -0.2) is 39.5 Å². The number of hydrogen-bond acceptors (Lipinski definition) is 4. The van der Waals surface area contributed by atoms with Gasteiger partial charge in [0, 0.05) is 19.8 Å². The molecule has 0 bridgehead atoms. The molecular formula is C17H29NO3. The molecule has 0 aliphatic heterocycles. The lowest BCUT2D eigenvalue weighted by atomic mass is 10.3. The van der Waals surface area contributed by atoms with E-state index in [1.807, 2.05) is 31.2 Å². The van der Waals surface area contributed by atoms with Crippen molar-refractivity contribution in [1.82, 2.24) is 5.32 Å². The van der Waals surface area contributed by atoms with Gasteiger partial charge >= 0.3 is 0 Å². The fourth-order valence-electron chi connectivity index (χ4n) is 1.85. The highest BCUT2D eigenvalue weighted by atomic mass is 16.5. The zero-order valence-corrected chi connectivity index (χ0v) is 13.4. The molecule has 21 heavy (non-hydrogen) atoms. The third kappa shape index (κ3) is 8.58. The van der Waals surface area contributed by atoms with Gasteiger partial charge < -0.3 is 19.5 Å². The van der Waals surface area contributed by atoms with Crippen LogP contribution in [0.25, 0.3) is 0 Å². The summed E-state index contributed by atoms with van der Waals surface area (Å²) in [5, 5.41) is 3.35. The Morgan fingerprint density at radius 1 is 0.857 bits per heavy atom. The van der Waals surface area contributed by atoms with Crippen molar-refractivity contribution in [3.63, 3.8) is 0 Å². The van der Waals surface area contributed by atoms with E-state index in [9.17, 15) is 0 Å². The van der Waals surface area contributed by atoms with Crippen molar-refractivity contribution in [1.29, 1.82) is 0 Å². The minimum atomic E-state index is 0.640. The highest BCUT2D eigenvalue weighted by Gasteiger charge is 2.02. The van der Waals surface area contributed by atoms with Gasteiger partial charge in [0.05, 0.1) is 6.61 Å². The van der Waals surface area contributed by atoms with E-state index in [1.54, 1.807) is 0 Å². The van der Waals surface area contributed by atoms with E-state index in [2.05, 4.69) is 12.2 Å². The molecule has 1 aromatic carbocycles. The van der Waals surface area contributed by atoms with Crippen molar-refractivity contribution in [3.05, 3.63) is 24.3 Å². The molecule has 0 aromatic heterocycles. The summed E-state index contributed by atoms with van der Waals surface area (Å²) < 4.78 is 16.8. The number of hydrogen-bond donors (Lipinski definition) is 1. The van der Waals surface area contributed by atoms with Crippen LogP contribution in [0.15, 0.2) is 24.3 Å². The highest BCUT2D eigenvalue weighted by Crippen LogP contribution is 2.25. The van der Waals surface area contributed by atoms with Crippen LogP contribution in [0.5, 0.6) is 11.5 Å². The summed E-state index contributed by atoms with van der Waals surface area (Å²) in [5.41, 5.74) is 0. The summed E-state index contributed by atoms with van der Waals surface area (Å²) in [6.45, 7) is 8.94. The Morgan fingerprint density at radius 3 is 2.29 bits per heavy atom. The Hall–Kier alpha value is -1.26. The maximum absolute atomic E-state index is 5.73. The molecule has 0 aliphatic rings. The summed E-state index contributed by atoms with van der Waals surface area (Å²) in [6.07, 6.45) is 3.39. The average molecular weight is 295 g/mol. The molecule has 0 heterocycles. The molecule has 0 atom stereocenters. The van der Waals surface area contributed by atoms with E-state index in [-0.39, 0.29) is 0 Å². The number of unbranched alkanes of at least 4 members (excludes halogenated alkanes) is 1. The number of ether oxygens (including phenoxy) is 3. The van der Waals surface area contributed by atoms with E-state index in [0.717, 1.165) is 50.6 Å². The standard InChI is InChI=1S/C17H29NO3/c1-3-5-13-19-14-8-11-18-12-15-21-17-10-7-6-9-16(17)20-4-2/h6-7,9-10,18H,3-5,8,11-15H2,1-2H3. The molecule has 0 fully saturated rings. The second-order valence-electron chi connectivity index (χ2n) is 4.80. The van der Waals surface area contributed by atoms with Crippen LogP contribution in [0.2, 0.25) is 0 Å². The molecule has 0 saturated carbocycles. The van der Waals surface area contributed by atoms with Gasteiger partial charge in [-0.05, 0) is 38.4 Å². The Balaban J connectivity index is 2.01. The molecule has 4 nitrogen and oxygen atoms in total. The second-order valence-corrected chi connectivity index (χ2v) is 4.80. The first kappa shape index (κ1) is 17.8. The molecule has 0 saturated heterocycles. The summed E-state index contributed by atoms with van der Waals surface area (Å²) in [7, 11) is 0. The molecule has 4 heteroatoms. The summed E-state index contributed by atoms with van der Waals surface area (Å²) in [6, 6.07) is 7.78. The summed E-state index contributed by atoms with van der Waals surface area (Å²) in [5.74, 6) is 1.62. The first-order chi connectivity index (χ1) is 10.4. The predicted octanol–water partition coefficient (Wildman–Crippen LogP) is 3.26. The number of rotatable bonds is 13. The van der Waals surface area contributed by atoms with Crippen LogP contribution >= 0.6 is 0 Å². The van der Waals surface area contributed by atoms with E-state index in [1.165, 1.54) is 6.42 Å². The molecule has 0 aliphatic carbocycles. The van der Waals surface area contributed by atoms with Crippen molar-refractivity contribution in [2.75, 3.05) is 39.5 Å². The molecule has 0 amide bonds. The SMILES string of the molecule is CCCCOCCCNCCOc1ccccc1OCC. The van der Waals surface area contributed by atoms with E-state index in [4.69, 9.17) is 14.2 Å². The van der Waals surface area contributed by atoms with Crippen LogP contribution in [0.3, 0.4) is 0 Å². The first-order valence-electron chi connectivity index (χ1n) is 8.01. The molecule has 0 radical (unpaired) electrons. The predicted molar refractivity (Wildman–Crippen MR) is 86.3 cm³/mol. The fourth-order valence-corrected chi connectivity index (χ4v) is 1.85. The van der Waals surface area contributed by atoms with Gasteiger partial charge in [-0.15, -0.1) is 0 Å². The molecule has 1 rings (SSSR count). The van der Waals surface area contributed by atoms with Crippen molar-refractivity contribution in [2.45, 2.75) is 33.1 Å². The monoisotopic (exact) mass is 295 g/mol. The van der Waals surface area contributed by atoms with E-state index >= 15 is 0 Å². The highest BCUT2D eigenvalue weighted by molar-refractivity contribution is 5.39. The van der Waals surface area contributed by atoms with Crippen molar-refractivity contribution in [2.24, 2.45) is 0 Å². The molecular weight excluding hydrogens is 266 g/mol. The number of benzene rings is 1. The van der Waals surface area contributed by atoms with E-state index < -0.39 is 0 Å². The third-order valence-corrected chi connectivity index (χ3v) is 2.97. The lowest BCUT2D eigenvalue weighted by Crippen LogP contribution is -2.23. The van der Waals surface area contributed by atoms with E-state index in [0.29, 0.717) is 13.2 Å². The maximum atomic E-state index is 5.73. The van der Waals surface area contributed by atoms with Crippen LogP contribution in [-0.2, 0) is 4.74 Å². The van der Waals surface area contributed by atoms with Gasteiger partial charge in [-0.25, -0.2) is 0 Å². The summed E-state index contributed by atoms with van der Waals surface area (Å²) in [4.78, 5) is 0. The quantitative estimate of drug-likeness (QED) is 0.567. The number of nitrogens with one attached hydrogen (secondary N) is 1. The second kappa shape index (κ2) is 12.5. The lowest BCUT2D eigenvalue weighted by molar-refractivity contribution is 0.128. The Bertz CT molecular complexity index is 358. The van der Waals surface area contributed by atoms with Crippen LogP contribution in [0, 0.1) is 0 Å². The van der Waals surface area contributed by atoms with Gasteiger partial charge in [0.15, 0.2) is 11.5 Å². The molecule has 1 aromatic rings. The molecule has 1 N–H and O–H groups in total. The molecule has 0 unspecified atom stereocenters. The Morgan fingerprint density at radius 2 is 1.57 bits per heavy atom. The van der Waals surface area contributed by atoms with Crippen LogP contribution in [0.4, 0.5) is 0 Å². The topological polar surface area (TPSA) is 39.7 Å². The minimum Gasteiger partial charge on any atom is -0.490 e. The zero-order valence-electron chi connectivity index (χ0n) is 13.4. The van der Waals surface area contributed by atoms with Gasteiger partial charge in [0.25, 0.3) is 0 Å². The normalized spacial score (nSPS) is 10.6.